The zero-order chi connectivity index (χ0) is 20.3. The molecule has 1 heterocycles. The summed E-state index contributed by atoms with van der Waals surface area (Å²) in [5, 5.41) is 30.2. The summed E-state index contributed by atoms with van der Waals surface area (Å²) in [6, 6.07) is 10.7. The Morgan fingerprint density at radius 2 is 2.00 bits per heavy atom. The van der Waals surface area contributed by atoms with E-state index in [1.54, 1.807) is 0 Å². The minimum Gasteiger partial charge on any atom is -0.504 e. The molecule has 0 saturated heterocycles. The van der Waals surface area contributed by atoms with Gasteiger partial charge in [-0.15, -0.1) is 0 Å². The Hall–Kier alpha value is -2.84. The second-order valence-electron chi connectivity index (χ2n) is 6.38. The number of H-pyrrole nitrogens is 1. The number of aromatic amines is 1. The Bertz CT molecular complexity index is 1030. The highest BCUT2D eigenvalue weighted by Crippen LogP contribution is 2.33. The fourth-order valence-electron chi connectivity index (χ4n) is 2.44. The first-order chi connectivity index (χ1) is 13.3. The number of rotatable bonds is 6. The highest BCUT2D eigenvalue weighted by atomic mass is 35.5. The molecule has 1 aromatic heterocycles. The number of aromatic nitrogens is 3. The molecule has 9 heteroatoms. The molecule has 146 valence electrons. The van der Waals surface area contributed by atoms with Gasteiger partial charge in [-0.05, 0) is 53.5 Å². The average Bonchev–Trinajstić information content (AvgIpc) is 3.02. The standard InChI is InChI=1S/C19H19ClN4O3S/c1-11(2)13-3-5-14(6-4-13)27-10-17-22-23-19(28)24(17)21-9-12-7-15(20)18(26)16(25)8-12/h3-9,11,25-26H,10H2,1-2H3,(H,23,28)/b21-9+. The van der Waals surface area contributed by atoms with E-state index in [2.05, 4.69) is 29.1 Å². The van der Waals surface area contributed by atoms with Crippen LogP contribution in [0.2, 0.25) is 5.02 Å². The molecule has 0 amide bonds. The van der Waals surface area contributed by atoms with Gasteiger partial charge in [0.2, 0.25) is 4.77 Å². The van der Waals surface area contributed by atoms with E-state index in [1.807, 2.05) is 24.3 Å². The molecule has 0 unspecified atom stereocenters. The summed E-state index contributed by atoms with van der Waals surface area (Å²) < 4.78 is 7.47. The van der Waals surface area contributed by atoms with Crippen molar-refractivity contribution in [3.8, 4) is 17.2 Å². The Morgan fingerprint density at radius 3 is 2.64 bits per heavy atom. The van der Waals surface area contributed by atoms with Crippen molar-refractivity contribution in [3.63, 3.8) is 0 Å². The zero-order valence-corrected chi connectivity index (χ0v) is 16.8. The van der Waals surface area contributed by atoms with Gasteiger partial charge >= 0.3 is 0 Å². The second-order valence-corrected chi connectivity index (χ2v) is 7.18. The first-order valence-corrected chi connectivity index (χ1v) is 9.28. The summed E-state index contributed by atoms with van der Waals surface area (Å²) in [6.45, 7) is 4.42. The third-order valence-corrected chi connectivity index (χ3v) is 4.57. The summed E-state index contributed by atoms with van der Waals surface area (Å²) in [6.07, 6.45) is 1.44. The monoisotopic (exact) mass is 418 g/mol. The Labute approximate surface area is 171 Å². The molecule has 3 rings (SSSR count). The number of aromatic hydroxyl groups is 2. The number of phenols is 2. The van der Waals surface area contributed by atoms with Gasteiger partial charge in [0.25, 0.3) is 0 Å². The minimum atomic E-state index is -0.378. The SMILES string of the molecule is CC(C)c1ccc(OCc2n[nH]c(=S)n2/N=C/c2cc(O)c(O)c(Cl)c2)cc1. The highest BCUT2D eigenvalue weighted by molar-refractivity contribution is 7.71. The molecular weight excluding hydrogens is 400 g/mol. The molecule has 7 nitrogen and oxygen atoms in total. The number of ether oxygens (including phenoxy) is 1. The Kier molecular flexibility index (Phi) is 6.01. The molecule has 0 aliphatic heterocycles. The van der Waals surface area contributed by atoms with Crippen molar-refractivity contribution in [1.82, 2.24) is 14.9 Å². The van der Waals surface area contributed by atoms with E-state index < -0.39 is 0 Å². The smallest absolute Gasteiger partial charge is 0.216 e. The van der Waals surface area contributed by atoms with Crippen molar-refractivity contribution in [3.05, 3.63) is 63.1 Å². The van der Waals surface area contributed by atoms with Crippen LogP contribution >= 0.6 is 23.8 Å². The molecule has 28 heavy (non-hydrogen) atoms. The first kappa shape index (κ1) is 19.9. The summed E-state index contributed by atoms with van der Waals surface area (Å²) in [7, 11) is 0. The maximum absolute atomic E-state index is 9.65. The van der Waals surface area contributed by atoms with Crippen LogP contribution in [0.5, 0.6) is 17.2 Å². The fourth-order valence-corrected chi connectivity index (χ4v) is 2.86. The topological polar surface area (TPSA) is 95.7 Å². The van der Waals surface area contributed by atoms with Gasteiger partial charge in [0.05, 0.1) is 11.2 Å². The molecule has 0 radical (unpaired) electrons. The number of halogens is 1. The molecule has 2 aromatic carbocycles. The van der Waals surface area contributed by atoms with Gasteiger partial charge in [-0.1, -0.05) is 37.6 Å². The van der Waals surface area contributed by atoms with Crippen molar-refractivity contribution in [2.75, 3.05) is 0 Å². The molecule has 0 aliphatic carbocycles. The summed E-state index contributed by atoms with van der Waals surface area (Å²) in [4.78, 5) is 0. The van der Waals surface area contributed by atoms with Gasteiger partial charge in [-0.2, -0.15) is 14.9 Å². The van der Waals surface area contributed by atoms with E-state index in [0.29, 0.717) is 27.8 Å². The summed E-state index contributed by atoms with van der Waals surface area (Å²) >= 11 is 11.1. The van der Waals surface area contributed by atoms with Crippen molar-refractivity contribution in [2.24, 2.45) is 5.10 Å². The van der Waals surface area contributed by atoms with Gasteiger partial charge in [-0.3, -0.25) is 0 Å². The largest absolute Gasteiger partial charge is 0.504 e. The van der Waals surface area contributed by atoms with E-state index in [1.165, 1.54) is 28.6 Å². The van der Waals surface area contributed by atoms with Crippen LogP contribution in [-0.2, 0) is 6.61 Å². The molecule has 3 N–H and O–H groups in total. The van der Waals surface area contributed by atoms with Crippen molar-refractivity contribution in [2.45, 2.75) is 26.4 Å². The first-order valence-electron chi connectivity index (χ1n) is 8.50. The minimum absolute atomic E-state index is 0.0191. The number of benzene rings is 2. The summed E-state index contributed by atoms with van der Waals surface area (Å²) in [5.74, 6) is 0.925. The van der Waals surface area contributed by atoms with Crippen LogP contribution in [0.3, 0.4) is 0 Å². The lowest BCUT2D eigenvalue weighted by Crippen LogP contribution is -2.04. The molecule has 3 aromatic rings. The normalized spacial score (nSPS) is 11.4. The highest BCUT2D eigenvalue weighted by Gasteiger charge is 2.09. The van der Waals surface area contributed by atoms with Crippen molar-refractivity contribution in [1.29, 1.82) is 0 Å². The predicted molar refractivity (Wildman–Crippen MR) is 110 cm³/mol. The number of nitrogens with one attached hydrogen (secondary N) is 1. The lowest BCUT2D eigenvalue weighted by atomic mass is 10.0. The van der Waals surface area contributed by atoms with Gasteiger partial charge < -0.3 is 14.9 Å². The lowest BCUT2D eigenvalue weighted by molar-refractivity contribution is 0.290. The zero-order valence-electron chi connectivity index (χ0n) is 15.3. The van der Waals surface area contributed by atoms with Gasteiger partial charge in [0.15, 0.2) is 17.3 Å². The van der Waals surface area contributed by atoms with Crippen LogP contribution in [0.1, 0.15) is 36.7 Å². The van der Waals surface area contributed by atoms with E-state index in [0.717, 1.165) is 0 Å². The van der Waals surface area contributed by atoms with Crippen LogP contribution in [-0.4, -0.2) is 31.3 Å². The predicted octanol–water partition coefficient (Wildman–Crippen LogP) is 4.59. The number of nitrogens with zero attached hydrogens (tertiary/aromatic N) is 3. The van der Waals surface area contributed by atoms with Gasteiger partial charge in [0, 0.05) is 0 Å². The van der Waals surface area contributed by atoms with Gasteiger partial charge in [-0.25, -0.2) is 5.10 Å². The van der Waals surface area contributed by atoms with Crippen LogP contribution in [0.15, 0.2) is 41.5 Å². The summed E-state index contributed by atoms with van der Waals surface area (Å²) in [5.41, 5.74) is 1.72. The number of phenolic OH excluding ortho intramolecular Hbond substituents is 2. The lowest BCUT2D eigenvalue weighted by Gasteiger charge is -2.08. The molecule has 0 fully saturated rings. The van der Waals surface area contributed by atoms with E-state index in [-0.39, 0.29) is 23.1 Å². The van der Waals surface area contributed by atoms with Crippen LogP contribution < -0.4 is 4.74 Å². The molecule has 0 bridgehead atoms. The quantitative estimate of drug-likeness (QED) is 0.309. The van der Waals surface area contributed by atoms with Crippen LogP contribution in [0, 0.1) is 4.77 Å². The van der Waals surface area contributed by atoms with Crippen LogP contribution in [0.25, 0.3) is 0 Å². The van der Waals surface area contributed by atoms with Crippen molar-refractivity contribution >= 4 is 30.0 Å². The van der Waals surface area contributed by atoms with E-state index in [9.17, 15) is 10.2 Å². The Morgan fingerprint density at radius 1 is 1.29 bits per heavy atom. The molecule has 0 atom stereocenters. The van der Waals surface area contributed by atoms with Gasteiger partial charge in [0.1, 0.15) is 12.4 Å². The maximum Gasteiger partial charge on any atom is 0.216 e. The third-order valence-electron chi connectivity index (χ3n) is 4.02. The molecule has 0 spiro atoms. The van der Waals surface area contributed by atoms with E-state index in [4.69, 9.17) is 28.6 Å². The Balaban J connectivity index is 1.76. The molecular formula is C19H19ClN4O3S. The second kappa shape index (κ2) is 8.45. The third kappa shape index (κ3) is 4.52. The molecule has 0 aliphatic rings. The molecule has 0 saturated carbocycles. The van der Waals surface area contributed by atoms with Crippen molar-refractivity contribution < 1.29 is 14.9 Å². The average molecular weight is 419 g/mol. The van der Waals surface area contributed by atoms with E-state index >= 15 is 0 Å². The number of hydrogen-bond acceptors (Lipinski definition) is 6. The van der Waals surface area contributed by atoms with Crippen LogP contribution in [0.4, 0.5) is 0 Å². The fraction of sp³-hybridized carbons (Fsp3) is 0.211. The maximum atomic E-state index is 9.65. The number of hydrogen-bond donors (Lipinski definition) is 3.